The number of aromatic nitrogens is 4. The Hall–Kier alpha value is -3.74. The van der Waals surface area contributed by atoms with Crippen LogP contribution < -0.4 is 5.69 Å². The number of hydrogen-bond donors (Lipinski definition) is 2. The van der Waals surface area contributed by atoms with Crippen LogP contribution in [0.3, 0.4) is 0 Å². The van der Waals surface area contributed by atoms with Crippen LogP contribution in [0.1, 0.15) is 41.3 Å². The van der Waals surface area contributed by atoms with Gasteiger partial charge in [0, 0.05) is 5.56 Å². The summed E-state index contributed by atoms with van der Waals surface area (Å²) >= 11 is 0. The van der Waals surface area contributed by atoms with E-state index in [2.05, 4.69) is 34.9 Å². The van der Waals surface area contributed by atoms with Crippen molar-refractivity contribution in [2.24, 2.45) is 0 Å². The Balaban J connectivity index is 1.78. The van der Waals surface area contributed by atoms with Crippen LogP contribution in [0, 0.1) is 0 Å². The van der Waals surface area contributed by atoms with Gasteiger partial charge in [0.25, 0.3) is 0 Å². The van der Waals surface area contributed by atoms with E-state index in [0.29, 0.717) is 22.9 Å². The van der Waals surface area contributed by atoms with Crippen molar-refractivity contribution in [2.45, 2.75) is 26.3 Å². The summed E-state index contributed by atoms with van der Waals surface area (Å²) in [7, 11) is 0. The van der Waals surface area contributed by atoms with Crippen molar-refractivity contribution < 1.29 is 9.90 Å². The molecule has 0 saturated heterocycles. The molecule has 146 valence electrons. The number of rotatable bonds is 5. The van der Waals surface area contributed by atoms with E-state index in [1.54, 1.807) is 18.3 Å². The zero-order chi connectivity index (χ0) is 20.5. The second-order valence-corrected chi connectivity index (χ2v) is 7.19. The Labute approximate surface area is 166 Å². The highest BCUT2D eigenvalue weighted by Crippen LogP contribution is 2.27. The predicted octanol–water partition coefficient (Wildman–Crippen LogP) is 3.66. The Kier molecular flexibility index (Phi) is 4.72. The first-order valence-electron chi connectivity index (χ1n) is 9.31. The van der Waals surface area contributed by atoms with E-state index >= 15 is 0 Å². The van der Waals surface area contributed by atoms with E-state index in [-0.39, 0.29) is 17.8 Å². The van der Waals surface area contributed by atoms with Crippen LogP contribution in [0.4, 0.5) is 0 Å². The summed E-state index contributed by atoms with van der Waals surface area (Å²) in [6.07, 6.45) is 1.63. The second-order valence-electron chi connectivity index (χ2n) is 7.19. The lowest BCUT2D eigenvalue weighted by Gasteiger charge is -2.11. The summed E-state index contributed by atoms with van der Waals surface area (Å²) < 4.78 is 1.54. The largest absolute Gasteiger partial charge is 0.478 e. The highest BCUT2D eigenvalue weighted by molar-refractivity contribution is 5.87. The summed E-state index contributed by atoms with van der Waals surface area (Å²) in [5.41, 5.74) is 3.88. The van der Waals surface area contributed by atoms with Crippen molar-refractivity contribution in [1.29, 1.82) is 0 Å². The number of aromatic carboxylic acids is 1. The molecular formula is C22H20N4O3. The summed E-state index contributed by atoms with van der Waals surface area (Å²) in [6.45, 7) is 4.51. The highest BCUT2D eigenvalue weighted by Gasteiger charge is 2.15. The van der Waals surface area contributed by atoms with Crippen LogP contribution in [0.5, 0.6) is 0 Å². The standard InChI is InChI=1S/C22H20N4O3/c1-13(2)16-5-3-4-6-17(16)19-23-11-18-20(25-19)26(22(29)24-18)12-14-7-9-15(10-8-14)21(27)28/h3-11,13H,12H2,1-2H3,(H,24,29)(H,27,28). The third kappa shape index (κ3) is 3.54. The van der Waals surface area contributed by atoms with E-state index in [1.165, 1.54) is 16.7 Å². The molecule has 0 saturated carbocycles. The zero-order valence-corrected chi connectivity index (χ0v) is 16.1. The van der Waals surface area contributed by atoms with Crippen LogP contribution in [0.15, 0.2) is 59.5 Å². The first-order valence-corrected chi connectivity index (χ1v) is 9.31. The quantitative estimate of drug-likeness (QED) is 0.543. The van der Waals surface area contributed by atoms with Gasteiger partial charge in [-0.2, -0.15) is 0 Å². The zero-order valence-electron chi connectivity index (χ0n) is 16.1. The van der Waals surface area contributed by atoms with E-state index in [4.69, 9.17) is 5.11 Å². The minimum Gasteiger partial charge on any atom is -0.478 e. The Morgan fingerprint density at radius 2 is 1.86 bits per heavy atom. The third-order valence-electron chi connectivity index (χ3n) is 4.88. The van der Waals surface area contributed by atoms with Gasteiger partial charge in [-0.1, -0.05) is 50.2 Å². The average molecular weight is 388 g/mol. The van der Waals surface area contributed by atoms with Gasteiger partial charge < -0.3 is 10.1 Å². The fourth-order valence-corrected chi connectivity index (χ4v) is 3.36. The fraction of sp³-hybridized carbons (Fsp3) is 0.182. The van der Waals surface area contributed by atoms with Gasteiger partial charge in [0.05, 0.1) is 18.3 Å². The Bertz CT molecular complexity index is 1250. The molecule has 4 aromatic rings. The second kappa shape index (κ2) is 7.35. The molecule has 2 aromatic heterocycles. The van der Waals surface area contributed by atoms with Crippen LogP contribution >= 0.6 is 0 Å². The summed E-state index contributed by atoms with van der Waals surface area (Å²) in [5.74, 6) is -0.107. The van der Waals surface area contributed by atoms with Crippen LogP contribution in [0.2, 0.25) is 0 Å². The number of benzene rings is 2. The number of carboxylic acid groups (broad SMARTS) is 1. The van der Waals surface area contributed by atoms with Crippen molar-refractivity contribution in [2.75, 3.05) is 0 Å². The van der Waals surface area contributed by atoms with Crippen molar-refractivity contribution in [1.82, 2.24) is 19.5 Å². The number of imidazole rings is 1. The summed E-state index contributed by atoms with van der Waals surface area (Å²) in [4.78, 5) is 35.4. The monoisotopic (exact) mass is 388 g/mol. The predicted molar refractivity (Wildman–Crippen MR) is 110 cm³/mol. The molecule has 4 rings (SSSR count). The first kappa shape index (κ1) is 18.6. The van der Waals surface area contributed by atoms with Crippen LogP contribution in [0.25, 0.3) is 22.6 Å². The molecule has 0 spiro atoms. The van der Waals surface area contributed by atoms with Gasteiger partial charge in [0.2, 0.25) is 0 Å². The molecule has 0 fully saturated rings. The summed E-state index contributed by atoms with van der Waals surface area (Å²) in [6, 6.07) is 14.4. The first-order chi connectivity index (χ1) is 13.9. The van der Waals surface area contributed by atoms with Gasteiger partial charge in [-0.3, -0.25) is 4.57 Å². The molecule has 0 aliphatic heterocycles. The lowest BCUT2D eigenvalue weighted by molar-refractivity contribution is 0.0697. The molecule has 0 unspecified atom stereocenters. The number of carbonyl (C=O) groups is 1. The highest BCUT2D eigenvalue weighted by atomic mass is 16.4. The van der Waals surface area contributed by atoms with Gasteiger partial charge in [-0.25, -0.2) is 19.6 Å². The minimum absolute atomic E-state index is 0.204. The summed E-state index contributed by atoms with van der Waals surface area (Å²) in [5, 5.41) is 9.04. The normalized spacial score (nSPS) is 11.3. The van der Waals surface area contributed by atoms with Gasteiger partial charge in [0.15, 0.2) is 11.5 Å². The van der Waals surface area contributed by atoms with Crippen molar-refractivity contribution >= 4 is 17.1 Å². The molecule has 0 aliphatic carbocycles. The topological polar surface area (TPSA) is 101 Å². The molecule has 0 radical (unpaired) electrons. The van der Waals surface area contributed by atoms with E-state index in [0.717, 1.165) is 16.7 Å². The van der Waals surface area contributed by atoms with Crippen molar-refractivity contribution in [3.05, 3.63) is 81.9 Å². The number of H-pyrrole nitrogens is 1. The van der Waals surface area contributed by atoms with Crippen molar-refractivity contribution in [3.8, 4) is 11.4 Å². The maximum atomic E-state index is 12.5. The molecule has 2 aromatic carbocycles. The molecule has 0 aliphatic rings. The lowest BCUT2D eigenvalue weighted by Crippen LogP contribution is -2.18. The van der Waals surface area contributed by atoms with Crippen LogP contribution in [-0.4, -0.2) is 30.6 Å². The van der Waals surface area contributed by atoms with Crippen molar-refractivity contribution in [3.63, 3.8) is 0 Å². The molecule has 0 bridgehead atoms. The SMILES string of the molecule is CC(C)c1ccccc1-c1ncc2[nH]c(=O)n(Cc3ccc(C(=O)O)cc3)c2n1. The molecule has 0 atom stereocenters. The molecule has 29 heavy (non-hydrogen) atoms. The fourth-order valence-electron chi connectivity index (χ4n) is 3.36. The maximum Gasteiger partial charge on any atom is 0.335 e. The molecule has 0 amide bonds. The molecule has 2 N–H and O–H groups in total. The van der Waals surface area contributed by atoms with Gasteiger partial charge in [0.1, 0.15) is 5.52 Å². The van der Waals surface area contributed by atoms with E-state index in [1.807, 2.05) is 18.2 Å². The number of fused-ring (bicyclic) bond motifs is 1. The Morgan fingerprint density at radius 1 is 1.14 bits per heavy atom. The van der Waals surface area contributed by atoms with E-state index < -0.39 is 5.97 Å². The Morgan fingerprint density at radius 3 is 2.55 bits per heavy atom. The number of aromatic amines is 1. The smallest absolute Gasteiger partial charge is 0.335 e. The number of nitrogens with zero attached hydrogens (tertiary/aromatic N) is 3. The number of hydrogen-bond acceptors (Lipinski definition) is 4. The molecule has 2 heterocycles. The third-order valence-corrected chi connectivity index (χ3v) is 4.88. The van der Waals surface area contributed by atoms with Crippen LogP contribution in [-0.2, 0) is 6.54 Å². The molecule has 7 nitrogen and oxygen atoms in total. The van der Waals surface area contributed by atoms with Gasteiger partial charge in [-0.15, -0.1) is 0 Å². The maximum absolute atomic E-state index is 12.5. The van der Waals surface area contributed by atoms with Gasteiger partial charge in [-0.05, 0) is 29.2 Å². The van der Waals surface area contributed by atoms with E-state index in [9.17, 15) is 9.59 Å². The number of nitrogens with one attached hydrogen (secondary N) is 1. The molecule has 7 heteroatoms. The number of carboxylic acids is 1. The minimum atomic E-state index is -0.984. The average Bonchev–Trinajstić information content (AvgIpc) is 3.03. The lowest BCUT2D eigenvalue weighted by atomic mass is 9.97. The van der Waals surface area contributed by atoms with Gasteiger partial charge >= 0.3 is 11.7 Å². The molecular weight excluding hydrogens is 368 g/mol.